The van der Waals surface area contributed by atoms with Crippen LogP contribution < -0.4 is 10.6 Å². The van der Waals surface area contributed by atoms with E-state index in [0.717, 1.165) is 0 Å². The van der Waals surface area contributed by atoms with Crippen LogP contribution in [0.1, 0.15) is 36.1 Å². The summed E-state index contributed by atoms with van der Waals surface area (Å²) in [5.74, 6) is 0.00269. The first kappa shape index (κ1) is 24.2. The Kier molecular flexibility index (Phi) is 8.01. The standard InChI is InChI=1S/C21H21ClN6O4S/c1-3-27-19(13(2)23-20(30)16-6-4-5-7-17(16)22)25-26-21(27)33-12-18(29)24-14-8-10-15(11-9-14)28(31)32/h4-11,13H,3,12H2,1-2H3,(H,23,30)(H,24,29)/t13-/m0/s1. The van der Waals surface area contributed by atoms with Crippen LogP contribution in [0.25, 0.3) is 0 Å². The van der Waals surface area contributed by atoms with Crippen molar-refractivity contribution in [2.24, 2.45) is 0 Å². The molecule has 33 heavy (non-hydrogen) atoms. The Bertz CT molecular complexity index is 1170. The number of benzene rings is 2. The number of non-ortho nitro benzene ring substituents is 1. The average Bonchev–Trinajstić information content (AvgIpc) is 3.21. The molecule has 1 atom stereocenters. The van der Waals surface area contributed by atoms with Crippen molar-refractivity contribution in [1.29, 1.82) is 0 Å². The highest BCUT2D eigenvalue weighted by atomic mass is 35.5. The first-order valence-electron chi connectivity index (χ1n) is 9.95. The number of hydrogen-bond acceptors (Lipinski definition) is 7. The molecule has 0 bridgehead atoms. The van der Waals surface area contributed by atoms with E-state index in [-0.39, 0.29) is 23.3 Å². The second-order valence-corrected chi connectivity index (χ2v) is 8.25. The third kappa shape index (κ3) is 6.08. The summed E-state index contributed by atoms with van der Waals surface area (Å²) in [6.45, 7) is 4.25. The van der Waals surface area contributed by atoms with E-state index in [0.29, 0.717) is 33.8 Å². The molecule has 0 saturated heterocycles. The van der Waals surface area contributed by atoms with E-state index in [1.54, 1.807) is 31.2 Å². The van der Waals surface area contributed by atoms with Gasteiger partial charge in [0.05, 0.1) is 27.3 Å². The largest absolute Gasteiger partial charge is 0.342 e. The maximum atomic E-state index is 12.6. The number of aromatic nitrogens is 3. The van der Waals surface area contributed by atoms with Gasteiger partial charge in [-0.05, 0) is 38.1 Å². The van der Waals surface area contributed by atoms with Gasteiger partial charge in [-0.25, -0.2) is 0 Å². The lowest BCUT2D eigenvalue weighted by molar-refractivity contribution is -0.384. The molecule has 2 N–H and O–H groups in total. The Morgan fingerprint density at radius 3 is 2.52 bits per heavy atom. The van der Waals surface area contributed by atoms with Crippen molar-refractivity contribution < 1.29 is 14.5 Å². The van der Waals surface area contributed by atoms with Crippen LogP contribution in [0.3, 0.4) is 0 Å². The molecular weight excluding hydrogens is 468 g/mol. The molecule has 0 aliphatic carbocycles. The van der Waals surface area contributed by atoms with Crippen LogP contribution in [0.4, 0.5) is 11.4 Å². The molecule has 0 aliphatic rings. The maximum Gasteiger partial charge on any atom is 0.269 e. The minimum Gasteiger partial charge on any atom is -0.342 e. The number of nitrogens with zero attached hydrogens (tertiary/aromatic N) is 4. The first-order chi connectivity index (χ1) is 15.8. The van der Waals surface area contributed by atoms with Gasteiger partial charge in [0.2, 0.25) is 5.91 Å². The summed E-state index contributed by atoms with van der Waals surface area (Å²) in [5, 5.41) is 25.5. The summed E-state index contributed by atoms with van der Waals surface area (Å²) in [5.41, 5.74) is 0.771. The lowest BCUT2D eigenvalue weighted by Gasteiger charge is -2.15. The molecule has 2 aromatic carbocycles. The molecule has 0 fully saturated rings. The molecule has 172 valence electrons. The Hall–Kier alpha value is -3.44. The van der Waals surface area contributed by atoms with Gasteiger partial charge in [0.25, 0.3) is 11.6 Å². The lowest BCUT2D eigenvalue weighted by Crippen LogP contribution is -2.29. The molecule has 0 aliphatic heterocycles. The van der Waals surface area contributed by atoms with Crippen LogP contribution in [0.15, 0.2) is 53.7 Å². The molecule has 0 spiro atoms. The van der Waals surface area contributed by atoms with Gasteiger partial charge in [-0.2, -0.15) is 0 Å². The number of anilines is 1. The molecule has 3 aromatic rings. The van der Waals surface area contributed by atoms with Gasteiger partial charge in [0.1, 0.15) is 0 Å². The van der Waals surface area contributed by atoms with Crippen molar-refractivity contribution in [3.8, 4) is 0 Å². The van der Waals surface area contributed by atoms with E-state index in [9.17, 15) is 19.7 Å². The number of nitrogens with one attached hydrogen (secondary N) is 2. The zero-order chi connectivity index (χ0) is 24.0. The molecule has 2 amide bonds. The zero-order valence-electron chi connectivity index (χ0n) is 17.8. The van der Waals surface area contributed by atoms with Gasteiger partial charge < -0.3 is 15.2 Å². The van der Waals surface area contributed by atoms with Crippen LogP contribution in [-0.4, -0.2) is 37.3 Å². The van der Waals surface area contributed by atoms with Crippen molar-refractivity contribution in [2.45, 2.75) is 31.6 Å². The van der Waals surface area contributed by atoms with Crippen molar-refractivity contribution in [3.63, 3.8) is 0 Å². The highest BCUT2D eigenvalue weighted by Gasteiger charge is 2.21. The smallest absolute Gasteiger partial charge is 0.269 e. The number of nitro benzene ring substituents is 1. The van der Waals surface area contributed by atoms with Crippen LogP contribution in [-0.2, 0) is 11.3 Å². The minimum absolute atomic E-state index is 0.0540. The number of nitro groups is 1. The van der Waals surface area contributed by atoms with Gasteiger partial charge in [0, 0.05) is 24.4 Å². The quantitative estimate of drug-likeness (QED) is 0.263. The van der Waals surface area contributed by atoms with E-state index in [2.05, 4.69) is 20.8 Å². The van der Waals surface area contributed by atoms with Crippen molar-refractivity contribution in [3.05, 3.63) is 75.1 Å². The Morgan fingerprint density at radius 1 is 1.18 bits per heavy atom. The molecule has 0 unspecified atom stereocenters. The summed E-state index contributed by atoms with van der Waals surface area (Å²) < 4.78 is 1.82. The van der Waals surface area contributed by atoms with Crippen LogP contribution in [0.5, 0.6) is 0 Å². The normalized spacial score (nSPS) is 11.6. The van der Waals surface area contributed by atoms with E-state index in [1.165, 1.54) is 36.0 Å². The monoisotopic (exact) mass is 488 g/mol. The molecule has 1 aromatic heterocycles. The highest BCUT2D eigenvalue weighted by Crippen LogP contribution is 2.22. The van der Waals surface area contributed by atoms with Gasteiger partial charge in [0.15, 0.2) is 11.0 Å². The second-order valence-electron chi connectivity index (χ2n) is 6.90. The van der Waals surface area contributed by atoms with Crippen molar-refractivity contribution in [1.82, 2.24) is 20.1 Å². The summed E-state index contributed by atoms with van der Waals surface area (Å²) in [6.07, 6.45) is 0. The molecular formula is C21H21ClN6O4S. The van der Waals surface area contributed by atoms with Crippen LogP contribution in [0, 0.1) is 10.1 Å². The third-order valence-electron chi connectivity index (χ3n) is 4.61. The minimum atomic E-state index is -0.505. The highest BCUT2D eigenvalue weighted by molar-refractivity contribution is 7.99. The topological polar surface area (TPSA) is 132 Å². The van der Waals surface area contributed by atoms with Gasteiger partial charge in [-0.15, -0.1) is 10.2 Å². The third-order valence-corrected chi connectivity index (χ3v) is 5.91. The van der Waals surface area contributed by atoms with Gasteiger partial charge in [-0.1, -0.05) is 35.5 Å². The summed E-state index contributed by atoms with van der Waals surface area (Å²) in [7, 11) is 0. The predicted octanol–water partition coefficient (Wildman–Crippen LogP) is 4.08. The van der Waals surface area contributed by atoms with E-state index >= 15 is 0 Å². The van der Waals surface area contributed by atoms with E-state index < -0.39 is 11.0 Å². The molecule has 3 rings (SSSR count). The first-order valence-corrected chi connectivity index (χ1v) is 11.3. The molecule has 1 heterocycles. The molecule has 0 saturated carbocycles. The predicted molar refractivity (Wildman–Crippen MR) is 125 cm³/mol. The Morgan fingerprint density at radius 2 is 1.88 bits per heavy atom. The van der Waals surface area contributed by atoms with E-state index in [4.69, 9.17) is 11.6 Å². The van der Waals surface area contributed by atoms with Gasteiger partial charge >= 0.3 is 0 Å². The fourth-order valence-corrected chi connectivity index (χ4v) is 4.03. The Balaban J connectivity index is 1.61. The molecule has 0 radical (unpaired) electrons. The number of amides is 2. The number of carbonyl (C=O) groups is 2. The fourth-order valence-electron chi connectivity index (χ4n) is 3.00. The van der Waals surface area contributed by atoms with Gasteiger partial charge in [-0.3, -0.25) is 19.7 Å². The molecule has 10 nitrogen and oxygen atoms in total. The van der Waals surface area contributed by atoms with Crippen LogP contribution >= 0.6 is 23.4 Å². The zero-order valence-corrected chi connectivity index (χ0v) is 19.4. The fraction of sp³-hybridized carbons (Fsp3) is 0.238. The van der Waals surface area contributed by atoms with Crippen LogP contribution in [0.2, 0.25) is 5.02 Å². The summed E-state index contributed by atoms with van der Waals surface area (Å²) in [6, 6.07) is 11.9. The summed E-state index contributed by atoms with van der Waals surface area (Å²) >= 11 is 7.29. The maximum absolute atomic E-state index is 12.6. The van der Waals surface area contributed by atoms with E-state index in [1.807, 2.05) is 11.5 Å². The molecule has 12 heteroatoms. The van der Waals surface area contributed by atoms with Crippen molar-refractivity contribution >= 4 is 46.6 Å². The number of thioether (sulfide) groups is 1. The number of rotatable bonds is 9. The average molecular weight is 489 g/mol. The number of hydrogen-bond donors (Lipinski definition) is 2. The number of halogens is 1. The Labute approximate surface area is 198 Å². The summed E-state index contributed by atoms with van der Waals surface area (Å²) in [4.78, 5) is 35.1. The second kappa shape index (κ2) is 10.9. The number of carbonyl (C=O) groups excluding carboxylic acids is 2. The van der Waals surface area contributed by atoms with Crippen molar-refractivity contribution in [2.75, 3.05) is 11.1 Å². The SMILES string of the molecule is CCn1c(SCC(=O)Nc2ccc([N+](=O)[O-])cc2)nnc1[C@H](C)NC(=O)c1ccccc1Cl. The lowest BCUT2D eigenvalue weighted by atomic mass is 10.2.